The third kappa shape index (κ3) is 3.61. The SMILES string of the molecule is CC(NC(=O)NC1CCC(CO)CC1)c1nnc2ccccn12. The summed E-state index contributed by atoms with van der Waals surface area (Å²) in [7, 11) is 0. The lowest BCUT2D eigenvalue weighted by atomic mass is 9.87. The van der Waals surface area contributed by atoms with Gasteiger partial charge in [-0.05, 0) is 50.7 Å². The van der Waals surface area contributed by atoms with E-state index < -0.39 is 0 Å². The van der Waals surface area contributed by atoms with Crippen LogP contribution in [0.25, 0.3) is 5.65 Å². The van der Waals surface area contributed by atoms with Crippen molar-refractivity contribution in [1.29, 1.82) is 0 Å². The number of urea groups is 1. The van der Waals surface area contributed by atoms with Gasteiger partial charge in [0.05, 0.1) is 6.04 Å². The second kappa shape index (κ2) is 6.95. The van der Waals surface area contributed by atoms with Crippen LogP contribution in [0.15, 0.2) is 24.4 Å². The standard InChI is InChI=1S/C16H23N5O2/c1-11(15-20-19-14-4-2-3-9-21(14)15)17-16(23)18-13-7-5-12(10-22)6-8-13/h2-4,9,11-13,22H,5-8,10H2,1H3,(H2,17,18,23). The van der Waals surface area contributed by atoms with Crippen molar-refractivity contribution in [3.05, 3.63) is 30.2 Å². The number of aliphatic hydroxyl groups is 1. The van der Waals surface area contributed by atoms with E-state index in [2.05, 4.69) is 20.8 Å². The van der Waals surface area contributed by atoms with Crippen molar-refractivity contribution in [3.8, 4) is 0 Å². The van der Waals surface area contributed by atoms with Gasteiger partial charge in [0, 0.05) is 18.8 Å². The summed E-state index contributed by atoms with van der Waals surface area (Å²) < 4.78 is 1.87. The molecule has 2 aromatic rings. The highest BCUT2D eigenvalue weighted by molar-refractivity contribution is 5.74. The lowest BCUT2D eigenvalue weighted by Crippen LogP contribution is -2.44. The van der Waals surface area contributed by atoms with Gasteiger partial charge in [-0.2, -0.15) is 0 Å². The van der Waals surface area contributed by atoms with Crippen LogP contribution < -0.4 is 10.6 Å². The van der Waals surface area contributed by atoms with Crippen LogP contribution in [0.4, 0.5) is 4.79 Å². The molecule has 2 aromatic heterocycles. The molecule has 0 aromatic carbocycles. The van der Waals surface area contributed by atoms with Crippen molar-refractivity contribution in [2.45, 2.75) is 44.7 Å². The molecule has 0 radical (unpaired) electrons. The fourth-order valence-electron chi connectivity index (χ4n) is 3.13. The Labute approximate surface area is 135 Å². The molecule has 1 aliphatic rings. The van der Waals surface area contributed by atoms with E-state index in [0.717, 1.165) is 31.3 Å². The lowest BCUT2D eigenvalue weighted by molar-refractivity contribution is 0.174. The first kappa shape index (κ1) is 15.7. The van der Waals surface area contributed by atoms with Gasteiger partial charge >= 0.3 is 6.03 Å². The third-order valence-corrected chi connectivity index (χ3v) is 4.52. The second-order valence-corrected chi connectivity index (χ2v) is 6.23. The Bertz CT molecular complexity index is 663. The zero-order valence-electron chi connectivity index (χ0n) is 13.3. The zero-order valence-corrected chi connectivity index (χ0v) is 13.3. The number of nitrogens with zero attached hydrogens (tertiary/aromatic N) is 3. The van der Waals surface area contributed by atoms with E-state index in [9.17, 15) is 4.79 Å². The molecule has 2 heterocycles. The minimum atomic E-state index is -0.235. The van der Waals surface area contributed by atoms with Crippen molar-refractivity contribution < 1.29 is 9.90 Å². The minimum Gasteiger partial charge on any atom is -0.396 e. The number of carbonyl (C=O) groups is 1. The van der Waals surface area contributed by atoms with E-state index in [4.69, 9.17) is 5.11 Å². The Morgan fingerprint density at radius 3 is 2.87 bits per heavy atom. The quantitative estimate of drug-likeness (QED) is 0.799. The van der Waals surface area contributed by atoms with Crippen molar-refractivity contribution in [1.82, 2.24) is 25.2 Å². The highest BCUT2D eigenvalue weighted by atomic mass is 16.3. The monoisotopic (exact) mass is 317 g/mol. The van der Waals surface area contributed by atoms with Crippen LogP contribution >= 0.6 is 0 Å². The fraction of sp³-hybridized carbons (Fsp3) is 0.562. The molecule has 7 nitrogen and oxygen atoms in total. The second-order valence-electron chi connectivity index (χ2n) is 6.23. The first-order valence-corrected chi connectivity index (χ1v) is 8.15. The number of hydrogen-bond donors (Lipinski definition) is 3. The predicted molar refractivity (Wildman–Crippen MR) is 85.9 cm³/mol. The van der Waals surface area contributed by atoms with Crippen molar-refractivity contribution >= 4 is 11.7 Å². The average Bonchev–Trinajstić information content (AvgIpc) is 2.99. The topological polar surface area (TPSA) is 91.5 Å². The Morgan fingerprint density at radius 1 is 1.35 bits per heavy atom. The van der Waals surface area contributed by atoms with Gasteiger partial charge in [-0.1, -0.05) is 6.07 Å². The number of hydrogen-bond acceptors (Lipinski definition) is 4. The van der Waals surface area contributed by atoms with Crippen LogP contribution in [-0.2, 0) is 0 Å². The highest BCUT2D eigenvalue weighted by Gasteiger charge is 2.23. The van der Waals surface area contributed by atoms with Gasteiger partial charge in [-0.3, -0.25) is 4.40 Å². The van der Waals surface area contributed by atoms with Crippen LogP contribution in [0, 0.1) is 5.92 Å². The Morgan fingerprint density at radius 2 is 2.13 bits per heavy atom. The first-order valence-electron chi connectivity index (χ1n) is 8.15. The fourth-order valence-corrected chi connectivity index (χ4v) is 3.13. The number of pyridine rings is 1. The Hall–Kier alpha value is -2.15. The molecule has 0 saturated heterocycles. The Kier molecular flexibility index (Phi) is 4.76. The maximum absolute atomic E-state index is 12.2. The van der Waals surface area contributed by atoms with Gasteiger partial charge in [-0.25, -0.2) is 4.79 Å². The van der Waals surface area contributed by atoms with Crippen molar-refractivity contribution in [2.24, 2.45) is 5.92 Å². The van der Waals surface area contributed by atoms with Gasteiger partial charge in [0.25, 0.3) is 0 Å². The number of aliphatic hydroxyl groups excluding tert-OH is 1. The normalized spacial score (nSPS) is 22.7. The number of rotatable bonds is 4. The summed E-state index contributed by atoms with van der Waals surface area (Å²) in [5.74, 6) is 1.09. The van der Waals surface area contributed by atoms with E-state index >= 15 is 0 Å². The molecule has 1 saturated carbocycles. The summed E-state index contributed by atoms with van der Waals surface area (Å²) in [5.41, 5.74) is 0.763. The van der Waals surface area contributed by atoms with Crippen LogP contribution in [0.5, 0.6) is 0 Å². The van der Waals surface area contributed by atoms with Gasteiger partial charge in [0.15, 0.2) is 11.5 Å². The third-order valence-electron chi connectivity index (χ3n) is 4.52. The maximum atomic E-state index is 12.2. The number of carbonyl (C=O) groups excluding carboxylic acids is 1. The summed E-state index contributed by atoms with van der Waals surface area (Å²) in [6, 6.07) is 5.45. The van der Waals surface area contributed by atoms with Crippen molar-refractivity contribution in [3.63, 3.8) is 0 Å². The molecule has 0 bridgehead atoms. The van der Waals surface area contributed by atoms with Crippen LogP contribution in [0.3, 0.4) is 0 Å². The predicted octanol–water partition coefficient (Wildman–Crippen LogP) is 1.64. The molecule has 23 heavy (non-hydrogen) atoms. The Balaban J connectivity index is 1.55. The van der Waals surface area contributed by atoms with Gasteiger partial charge in [0.1, 0.15) is 0 Å². The zero-order chi connectivity index (χ0) is 16.2. The smallest absolute Gasteiger partial charge is 0.315 e. The van der Waals surface area contributed by atoms with Gasteiger partial charge in [0.2, 0.25) is 0 Å². The molecule has 124 valence electrons. The van der Waals surface area contributed by atoms with Crippen LogP contribution in [-0.4, -0.2) is 38.4 Å². The van der Waals surface area contributed by atoms with E-state index in [-0.39, 0.29) is 24.7 Å². The van der Waals surface area contributed by atoms with E-state index in [1.165, 1.54) is 0 Å². The number of aromatic nitrogens is 3. The number of fused-ring (bicyclic) bond motifs is 1. The summed E-state index contributed by atoms with van der Waals surface area (Å²) >= 11 is 0. The molecule has 3 rings (SSSR count). The van der Waals surface area contributed by atoms with Gasteiger partial charge in [-0.15, -0.1) is 10.2 Å². The van der Waals surface area contributed by atoms with Crippen LogP contribution in [0.1, 0.15) is 44.5 Å². The number of amides is 2. The molecule has 2 amide bonds. The lowest BCUT2D eigenvalue weighted by Gasteiger charge is -2.28. The molecule has 7 heteroatoms. The molecular formula is C16H23N5O2. The maximum Gasteiger partial charge on any atom is 0.315 e. The molecule has 0 spiro atoms. The van der Waals surface area contributed by atoms with Crippen molar-refractivity contribution in [2.75, 3.05) is 6.61 Å². The largest absolute Gasteiger partial charge is 0.396 e. The molecule has 1 atom stereocenters. The summed E-state index contributed by atoms with van der Waals surface area (Å²) in [5, 5.41) is 23.4. The molecule has 1 aliphatic carbocycles. The summed E-state index contributed by atoms with van der Waals surface area (Å²) in [4.78, 5) is 12.2. The van der Waals surface area contributed by atoms with E-state index in [1.807, 2.05) is 35.7 Å². The highest BCUT2D eigenvalue weighted by Crippen LogP contribution is 2.23. The average molecular weight is 317 g/mol. The molecule has 1 unspecified atom stereocenters. The minimum absolute atomic E-state index is 0.181. The molecule has 1 fully saturated rings. The molecular weight excluding hydrogens is 294 g/mol. The van der Waals surface area contributed by atoms with Crippen LogP contribution in [0.2, 0.25) is 0 Å². The molecule has 0 aliphatic heterocycles. The number of nitrogens with one attached hydrogen (secondary N) is 2. The van der Waals surface area contributed by atoms with E-state index in [1.54, 1.807) is 0 Å². The molecule has 3 N–H and O–H groups in total. The van der Waals surface area contributed by atoms with Gasteiger partial charge < -0.3 is 15.7 Å². The first-order chi connectivity index (χ1) is 11.2. The van der Waals surface area contributed by atoms with E-state index in [0.29, 0.717) is 11.7 Å². The summed E-state index contributed by atoms with van der Waals surface area (Å²) in [6.07, 6.45) is 5.65. The summed E-state index contributed by atoms with van der Waals surface area (Å²) in [6.45, 7) is 2.14.